The molecule has 3 N–H and O–H groups in total. The number of carbonyl (C=O) groups excluding carboxylic acids is 1. The third kappa shape index (κ3) is 2.38. The lowest BCUT2D eigenvalue weighted by molar-refractivity contribution is -0.188. The molecule has 7 aliphatic rings. The van der Waals surface area contributed by atoms with Gasteiger partial charge in [0.15, 0.2) is 11.5 Å². The number of piperidine rings is 1. The van der Waals surface area contributed by atoms with E-state index in [4.69, 9.17) is 4.74 Å². The third-order valence-corrected chi connectivity index (χ3v) is 10.4. The zero-order valence-electron chi connectivity index (χ0n) is 20.5. The molecule has 8 heteroatoms. The number of nitrogens with one attached hydrogen (secondary N) is 1. The van der Waals surface area contributed by atoms with Gasteiger partial charge in [-0.2, -0.15) is 5.10 Å². The molecule has 3 fully saturated rings. The fourth-order valence-electron chi connectivity index (χ4n) is 8.71. The summed E-state index contributed by atoms with van der Waals surface area (Å²) in [5.74, 6) is 1.28. The van der Waals surface area contributed by atoms with Crippen LogP contribution in [0, 0.1) is 11.3 Å². The number of hydrogen-bond acceptors (Lipinski definition) is 6. The third-order valence-electron chi connectivity index (χ3n) is 10.4. The van der Waals surface area contributed by atoms with Gasteiger partial charge in [-0.3, -0.25) is 14.8 Å². The predicted molar refractivity (Wildman–Crippen MR) is 130 cm³/mol. The first kappa shape index (κ1) is 21.3. The number of H-pyrrole nitrogens is 1. The van der Waals surface area contributed by atoms with Crippen LogP contribution in [0.2, 0.25) is 0 Å². The van der Waals surface area contributed by atoms with E-state index in [1.807, 2.05) is 6.07 Å². The lowest BCUT2D eigenvalue weighted by atomic mass is 9.38. The Labute approximate surface area is 209 Å². The molecule has 0 radical (unpaired) electrons. The summed E-state index contributed by atoms with van der Waals surface area (Å²) >= 11 is 0. The molecule has 1 aromatic carbocycles. The Hall–Kier alpha value is -2.84. The Kier molecular flexibility index (Phi) is 3.97. The van der Waals surface area contributed by atoms with Crippen LogP contribution < -0.4 is 4.74 Å². The molecule has 2 spiro atoms. The van der Waals surface area contributed by atoms with Gasteiger partial charge in [-0.15, -0.1) is 0 Å². The first-order valence-electron chi connectivity index (χ1n) is 13.3. The van der Waals surface area contributed by atoms with Gasteiger partial charge in [-0.05, 0) is 68.7 Å². The second-order valence-electron chi connectivity index (χ2n) is 12.1. The van der Waals surface area contributed by atoms with E-state index in [2.05, 4.69) is 27.2 Å². The maximum absolute atomic E-state index is 14.0. The monoisotopic (exact) mass is 488 g/mol. The van der Waals surface area contributed by atoms with E-state index in [0.717, 1.165) is 49.5 Å². The van der Waals surface area contributed by atoms with E-state index in [1.165, 1.54) is 18.4 Å². The highest BCUT2D eigenvalue weighted by atomic mass is 16.5. The van der Waals surface area contributed by atoms with Gasteiger partial charge in [0.1, 0.15) is 11.7 Å². The molecular formula is C28H32N4O4. The smallest absolute Gasteiger partial charge is 0.252 e. The number of carbonyl (C=O) groups is 1. The van der Waals surface area contributed by atoms with Gasteiger partial charge in [0, 0.05) is 42.4 Å². The van der Waals surface area contributed by atoms with Crippen molar-refractivity contribution in [2.24, 2.45) is 11.3 Å². The number of amides is 1. The molecule has 1 aromatic heterocycles. The minimum atomic E-state index is -1.40. The van der Waals surface area contributed by atoms with E-state index >= 15 is 0 Å². The predicted octanol–water partition coefficient (Wildman–Crippen LogP) is 2.26. The summed E-state index contributed by atoms with van der Waals surface area (Å²) in [6, 6.07) is 5.91. The van der Waals surface area contributed by atoms with Crippen LogP contribution in [0.25, 0.3) is 0 Å². The maximum Gasteiger partial charge on any atom is 0.252 e. The summed E-state index contributed by atoms with van der Waals surface area (Å²) in [4.78, 5) is 18.3. The fraction of sp³-hybridized carbons (Fsp3) is 0.571. The van der Waals surface area contributed by atoms with Crippen molar-refractivity contribution in [3.63, 3.8) is 0 Å². The average molecular weight is 489 g/mol. The van der Waals surface area contributed by atoms with Gasteiger partial charge in [0.05, 0.1) is 17.7 Å². The number of aromatic nitrogens is 2. The molecule has 2 aliphatic heterocycles. The molecule has 36 heavy (non-hydrogen) atoms. The van der Waals surface area contributed by atoms with Crippen LogP contribution in [0.4, 0.5) is 0 Å². The molecule has 0 unspecified atom stereocenters. The molecule has 3 heterocycles. The van der Waals surface area contributed by atoms with Crippen molar-refractivity contribution in [1.82, 2.24) is 20.0 Å². The number of phenols is 1. The molecule has 1 amide bonds. The van der Waals surface area contributed by atoms with Gasteiger partial charge in [-0.1, -0.05) is 12.1 Å². The molecule has 2 saturated carbocycles. The van der Waals surface area contributed by atoms with Gasteiger partial charge < -0.3 is 19.8 Å². The van der Waals surface area contributed by atoms with Crippen molar-refractivity contribution in [1.29, 1.82) is 0 Å². The number of aliphatic hydroxyl groups is 1. The first-order chi connectivity index (χ1) is 17.4. The van der Waals surface area contributed by atoms with Gasteiger partial charge in [0.2, 0.25) is 0 Å². The minimum Gasteiger partial charge on any atom is -0.504 e. The molecule has 8 nitrogen and oxygen atoms in total. The van der Waals surface area contributed by atoms with Gasteiger partial charge >= 0.3 is 0 Å². The van der Waals surface area contributed by atoms with Crippen molar-refractivity contribution in [2.75, 3.05) is 20.1 Å². The van der Waals surface area contributed by atoms with Crippen molar-refractivity contribution >= 4 is 5.91 Å². The number of nitrogens with zero attached hydrogens (tertiary/aromatic N) is 3. The van der Waals surface area contributed by atoms with E-state index in [9.17, 15) is 15.0 Å². The Morgan fingerprint density at radius 3 is 2.92 bits per heavy atom. The summed E-state index contributed by atoms with van der Waals surface area (Å²) in [5, 5.41) is 30.1. The van der Waals surface area contributed by atoms with Crippen molar-refractivity contribution in [2.45, 2.75) is 68.2 Å². The second-order valence-corrected chi connectivity index (χ2v) is 12.1. The van der Waals surface area contributed by atoms with Crippen molar-refractivity contribution < 1.29 is 19.7 Å². The highest BCUT2D eigenvalue weighted by Gasteiger charge is 2.78. The van der Waals surface area contributed by atoms with Crippen LogP contribution in [0.3, 0.4) is 0 Å². The number of hydrogen-bond donors (Lipinski definition) is 3. The standard InChI is InChI=1S/C28H32N4O4/c1-31(15-18-6-10-29-30-18)24(34)19-13-26-7-8-28(19,35)25-27(26)9-11-32(14-16-2-3-16)21(26)12-17-4-5-20(33)23(36-25)22(17)27/h4-6,10,13,16,21,25,33,35H,2-3,7-9,11-12,14-15H2,1H3,(H,29,30)/t21-,25-,26-,27+,28-/m1/s1. The molecule has 9 rings (SSSR count). The van der Waals surface area contributed by atoms with Crippen molar-refractivity contribution in [3.05, 3.63) is 52.9 Å². The quantitative estimate of drug-likeness (QED) is 0.597. The maximum atomic E-state index is 14.0. The van der Waals surface area contributed by atoms with Gasteiger partial charge in [0.25, 0.3) is 5.91 Å². The van der Waals surface area contributed by atoms with Crippen LogP contribution in [0.1, 0.15) is 48.9 Å². The molecule has 2 aromatic rings. The molecule has 1 saturated heterocycles. The summed E-state index contributed by atoms with van der Waals surface area (Å²) in [5.41, 5.74) is 1.52. The number of likely N-dealkylation sites (tertiary alicyclic amines) is 1. The van der Waals surface area contributed by atoms with Crippen LogP contribution in [0.5, 0.6) is 11.5 Å². The molecule has 5 atom stereocenters. The number of ether oxygens (including phenoxy) is 1. The van der Waals surface area contributed by atoms with E-state index in [-0.39, 0.29) is 23.1 Å². The van der Waals surface area contributed by atoms with Gasteiger partial charge in [-0.25, -0.2) is 0 Å². The van der Waals surface area contributed by atoms with Crippen molar-refractivity contribution in [3.8, 4) is 11.5 Å². The minimum absolute atomic E-state index is 0.138. The van der Waals surface area contributed by atoms with E-state index in [0.29, 0.717) is 24.3 Å². The summed E-state index contributed by atoms with van der Waals surface area (Å²) in [6.07, 6.45) is 8.96. The first-order valence-corrected chi connectivity index (χ1v) is 13.3. The fourth-order valence-corrected chi connectivity index (χ4v) is 8.71. The highest BCUT2D eigenvalue weighted by molar-refractivity contribution is 5.97. The summed E-state index contributed by atoms with van der Waals surface area (Å²) in [6.45, 7) is 2.46. The number of benzene rings is 1. The van der Waals surface area contributed by atoms with Crippen LogP contribution >= 0.6 is 0 Å². The van der Waals surface area contributed by atoms with Crippen LogP contribution in [0.15, 0.2) is 36.0 Å². The zero-order valence-corrected chi connectivity index (χ0v) is 20.5. The Balaban J connectivity index is 1.30. The summed E-state index contributed by atoms with van der Waals surface area (Å²) in [7, 11) is 1.78. The average Bonchev–Trinajstić information content (AvgIpc) is 3.38. The van der Waals surface area contributed by atoms with E-state index in [1.54, 1.807) is 24.2 Å². The Morgan fingerprint density at radius 1 is 1.28 bits per heavy atom. The molecular weight excluding hydrogens is 456 g/mol. The number of phenolic OH excluding ortho intramolecular Hbond substituents is 1. The topological polar surface area (TPSA) is 102 Å². The number of aromatic hydroxyl groups is 1. The van der Waals surface area contributed by atoms with Crippen LogP contribution in [-0.2, 0) is 23.2 Å². The lowest BCUT2D eigenvalue weighted by Crippen LogP contribution is -2.78. The van der Waals surface area contributed by atoms with E-state index < -0.39 is 17.1 Å². The number of likely N-dealkylation sites (N-methyl/N-ethyl adjacent to an activating group) is 1. The Bertz CT molecular complexity index is 1320. The number of aromatic amines is 1. The Morgan fingerprint density at radius 2 is 2.14 bits per heavy atom. The largest absolute Gasteiger partial charge is 0.504 e. The lowest BCUT2D eigenvalue weighted by Gasteiger charge is -2.70. The zero-order chi connectivity index (χ0) is 24.4. The molecule has 4 bridgehead atoms. The molecule has 188 valence electrons. The van der Waals surface area contributed by atoms with Crippen LogP contribution in [-0.4, -0.2) is 74.0 Å². The SMILES string of the molecule is CN(Cc1ccn[nH]1)C(=O)C1=C[C@@]23CC[C@]1(O)[C@@H]1Oc4c(O)ccc5c4[C@@]12CCN(CC1CC1)[C@@H]3C5. The highest BCUT2D eigenvalue weighted by Crippen LogP contribution is 2.74. The second kappa shape index (κ2) is 6.72. The molecule has 5 aliphatic carbocycles. The summed E-state index contributed by atoms with van der Waals surface area (Å²) < 4.78 is 6.59. The normalized spacial score (nSPS) is 37.3. The number of rotatable bonds is 5. The number of fused-ring (bicyclic) bond motifs is 1.